The van der Waals surface area contributed by atoms with Gasteiger partial charge in [0.05, 0.1) is 6.54 Å². The minimum atomic E-state index is -2.58. The third-order valence-corrected chi connectivity index (χ3v) is 8.04. The fourth-order valence-corrected chi connectivity index (χ4v) is 6.02. The minimum Gasteiger partial charge on any atom is -0.371 e. The number of allylic oxidation sites excluding steroid dienone is 1. The average molecular weight is 562 g/mol. The van der Waals surface area contributed by atoms with Gasteiger partial charge in [-0.15, -0.1) is 6.58 Å². The molecule has 0 spiro atoms. The highest BCUT2D eigenvalue weighted by Gasteiger charge is 2.24. The average Bonchev–Trinajstić information content (AvgIpc) is 3.13. The number of rotatable bonds is 8. The smallest absolute Gasteiger partial charge is 0.278 e. The Morgan fingerprint density at radius 1 is 1.15 bits per heavy atom. The van der Waals surface area contributed by atoms with Gasteiger partial charge in [-0.3, -0.25) is 9.00 Å². The summed E-state index contributed by atoms with van der Waals surface area (Å²) >= 11 is 0. The number of thiol groups is 1. The molecule has 0 saturated carbocycles. The van der Waals surface area contributed by atoms with E-state index in [0.29, 0.717) is 28.6 Å². The van der Waals surface area contributed by atoms with Gasteiger partial charge in [0, 0.05) is 56.3 Å². The molecule has 0 atom stereocenters. The maximum absolute atomic E-state index is 13.3. The molecule has 0 radical (unpaired) electrons. The van der Waals surface area contributed by atoms with Crippen molar-refractivity contribution < 1.29 is 4.21 Å². The van der Waals surface area contributed by atoms with Crippen molar-refractivity contribution in [2.24, 2.45) is 0 Å². The summed E-state index contributed by atoms with van der Waals surface area (Å²) in [6.07, 6.45) is 8.73. The van der Waals surface area contributed by atoms with Gasteiger partial charge in [0.15, 0.2) is 11.5 Å². The van der Waals surface area contributed by atoms with E-state index in [4.69, 9.17) is 4.98 Å². The molecule has 3 aromatic heterocycles. The number of pyridine rings is 1. The Bertz CT molecular complexity index is 1720. The molecule has 1 fully saturated rings. The highest BCUT2D eigenvalue weighted by atomic mass is 32.3. The van der Waals surface area contributed by atoms with Crippen LogP contribution in [0.15, 0.2) is 54.0 Å². The molecule has 6 rings (SSSR count). The predicted octanol–water partition coefficient (Wildman–Crippen LogP) is 2.71. The monoisotopic (exact) mass is 561 g/mol. The van der Waals surface area contributed by atoms with Crippen LogP contribution in [0.1, 0.15) is 17.5 Å². The van der Waals surface area contributed by atoms with Crippen LogP contribution >= 0.6 is 0 Å². The van der Waals surface area contributed by atoms with Crippen LogP contribution in [0.2, 0.25) is 0 Å². The lowest BCUT2D eigenvalue weighted by Crippen LogP contribution is -2.39. The zero-order chi connectivity index (χ0) is 28.0. The van der Waals surface area contributed by atoms with Gasteiger partial charge in [-0.05, 0) is 65.4 Å². The van der Waals surface area contributed by atoms with Crippen molar-refractivity contribution in [2.75, 3.05) is 54.1 Å². The molecule has 0 bridgehead atoms. The number of fused-ring (bicyclic) bond motifs is 2. The minimum absolute atomic E-state index is 0.241. The number of anilines is 4. The van der Waals surface area contributed by atoms with Gasteiger partial charge in [-0.2, -0.15) is 4.98 Å². The molecular weight excluding hydrogens is 526 g/mol. The fraction of sp³-hybridized carbons (Fsp3) is 0.357. The van der Waals surface area contributed by atoms with E-state index in [9.17, 15) is 9.00 Å². The topological polar surface area (TPSA) is 113 Å². The van der Waals surface area contributed by atoms with Crippen LogP contribution in [0.3, 0.4) is 0 Å². The van der Waals surface area contributed by atoms with Crippen LogP contribution in [0.4, 0.5) is 23.1 Å². The molecule has 2 N–H and O–H groups in total. The number of hydrogen-bond donors (Lipinski definition) is 3. The first-order chi connectivity index (χ1) is 19.2. The molecule has 5 heterocycles. The molecule has 1 saturated heterocycles. The summed E-state index contributed by atoms with van der Waals surface area (Å²) in [5.41, 5.74) is 5.13. The van der Waals surface area contributed by atoms with Crippen LogP contribution in [-0.4, -0.2) is 72.6 Å². The number of nitrogens with zero attached hydrogens (tertiary/aromatic N) is 7. The van der Waals surface area contributed by atoms with Gasteiger partial charge in [-0.1, -0.05) is 12.1 Å². The van der Waals surface area contributed by atoms with Crippen molar-refractivity contribution in [3.63, 3.8) is 0 Å². The van der Waals surface area contributed by atoms with Crippen LogP contribution in [0, 0.1) is 0 Å². The Labute approximate surface area is 234 Å². The summed E-state index contributed by atoms with van der Waals surface area (Å²) < 4.78 is 18.5. The van der Waals surface area contributed by atoms with Gasteiger partial charge in [0.25, 0.3) is 5.56 Å². The Hall–Kier alpha value is -4.03. The van der Waals surface area contributed by atoms with Gasteiger partial charge in [0.2, 0.25) is 5.95 Å². The van der Waals surface area contributed by atoms with E-state index >= 15 is 0 Å². The molecule has 12 heteroatoms. The first-order valence-corrected chi connectivity index (χ1v) is 16.1. The molecule has 4 aromatic rings. The molecule has 11 nitrogen and oxygen atoms in total. The standard InChI is InChI=1S/C28H35N9O2S/c1-5-11-36-27(38)22-17-29-28(32-26(22)37(36)25-9-6-8-24(31-25)33-40(3,4)39)30-20-15-19-18-34(2)14-10-21(19)23(16-20)35-12-7-13-35/h5-6,8-9,15-17,40H,1,7,10-14,18H2,2-4H3,(H,29,30,32)(H,31,33,39). The first kappa shape index (κ1) is 26.2. The Morgan fingerprint density at radius 3 is 2.70 bits per heavy atom. The van der Waals surface area contributed by atoms with Crippen molar-refractivity contribution in [1.82, 2.24) is 29.2 Å². The third kappa shape index (κ3) is 5.00. The molecule has 210 valence electrons. The zero-order valence-electron chi connectivity index (χ0n) is 23.1. The van der Waals surface area contributed by atoms with Gasteiger partial charge >= 0.3 is 0 Å². The normalized spacial score (nSPS) is 15.9. The number of likely N-dealkylation sites (N-methyl/N-ethyl adjacent to an activating group) is 1. The molecule has 40 heavy (non-hydrogen) atoms. The summed E-state index contributed by atoms with van der Waals surface area (Å²) in [6, 6.07) is 9.71. The second-order valence-electron chi connectivity index (χ2n) is 10.8. The van der Waals surface area contributed by atoms with E-state index in [0.717, 1.165) is 38.3 Å². The van der Waals surface area contributed by atoms with E-state index in [-0.39, 0.29) is 12.1 Å². The van der Waals surface area contributed by atoms with E-state index in [1.807, 2.05) is 0 Å². The molecule has 0 aliphatic carbocycles. The van der Waals surface area contributed by atoms with Crippen molar-refractivity contribution in [3.05, 3.63) is 70.7 Å². The molecule has 2 aliphatic rings. The van der Waals surface area contributed by atoms with Gasteiger partial charge in [0.1, 0.15) is 11.2 Å². The second-order valence-corrected chi connectivity index (χ2v) is 13.8. The SMILES string of the molecule is C=CCn1c(=O)c2cnc(Nc3cc4c(c(N5CCC5)c3)CCN(C)C4)nc2n1-c1cccc(N[SH](C)(C)=O)n1. The lowest BCUT2D eigenvalue weighted by molar-refractivity contribution is 0.313. The number of aromatic nitrogens is 5. The summed E-state index contributed by atoms with van der Waals surface area (Å²) in [4.78, 5) is 32.1. The van der Waals surface area contributed by atoms with Gasteiger partial charge < -0.3 is 19.8 Å². The maximum atomic E-state index is 13.3. The summed E-state index contributed by atoms with van der Waals surface area (Å²) in [6.45, 7) is 8.17. The summed E-state index contributed by atoms with van der Waals surface area (Å²) in [5.74, 6) is 1.31. The van der Waals surface area contributed by atoms with E-state index in [1.165, 1.54) is 27.9 Å². The largest absolute Gasteiger partial charge is 0.371 e. The summed E-state index contributed by atoms with van der Waals surface area (Å²) in [7, 11) is -0.436. The molecule has 1 aromatic carbocycles. The highest BCUT2D eigenvalue weighted by Crippen LogP contribution is 2.35. The molecular formula is C28H35N9O2S. The van der Waals surface area contributed by atoms with Crippen molar-refractivity contribution in [2.45, 2.75) is 25.9 Å². The van der Waals surface area contributed by atoms with Crippen LogP contribution in [-0.2, 0) is 29.6 Å². The Kier molecular flexibility index (Phi) is 6.67. The lowest BCUT2D eigenvalue weighted by Gasteiger charge is -2.38. The van der Waals surface area contributed by atoms with Crippen molar-refractivity contribution in [1.29, 1.82) is 0 Å². The Balaban J connectivity index is 1.43. The lowest BCUT2D eigenvalue weighted by atomic mass is 9.95. The second kappa shape index (κ2) is 10.2. The fourth-order valence-electron chi connectivity index (χ4n) is 5.35. The zero-order valence-corrected chi connectivity index (χ0v) is 24.0. The molecule has 2 aliphatic heterocycles. The van der Waals surface area contributed by atoms with Crippen LogP contribution in [0.5, 0.6) is 0 Å². The molecule has 0 amide bonds. The number of hydrogen-bond acceptors (Lipinski definition) is 8. The van der Waals surface area contributed by atoms with E-state index in [1.54, 1.807) is 47.7 Å². The Morgan fingerprint density at radius 2 is 1.98 bits per heavy atom. The third-order valence-electron chi connectivity index (χ3n) is 7.27. The van der Waals surface area contributed by atoms with Crippen molar-refractivity contribution in [3.8, 4) is 5.82 Å². The maximum Gasteiger partial charge on any atom is 0.278 e. The van der Waals surface area contributed by atoms with Gasteiger partial charge in [-0.25, -0.2) is 19.3 Å². The van der Waals surface area contributed by atoms with Crippen molar-refractivity contribution >= 4 is 44.3 Å². The summed E-state index contributed by atoms with van der Waals surface area (Å²) in [5, 5.41) is 3.78. The quantitative estimate of drug-likeness (QED) is 0.222. The van der Waals surface area contributed by atoms with E-state index in [2.05, 4.69) is 55.6 Å². The number of nitrogens with one attached hydrogen (secondary N) is 2. The predicted molar refractivity (Wildman–Crippen MR) is 163 cm³/mol. The first-order valence-electron chi connectivity index (χ1n) is 13.5. The van der Waals surface area contributed by atoms with Crippen LogP contribution < -0.4 is 20.5 Å². The highest BCUT2D eigenvalue weighted by molar-refractivity contribution is 8.02. The van der Waals surface area contributed by atoms with Crippen LogP contribution in [0.25, 0.3) is 16.9 Å². The molecule has 0 unspecified atom stereocenters. The number of benzene rings is 1. The van der Waals surface area contributed by atoms with E-state index < -0.39 is 10.1 Å².